The molecule has 7 heteroatoms. The van der Waals surface area contributed by atoms with Gasteiger partial charge in [-0.15, -0.1) is 0 Å². The van der Waals surface area contributed by atoms with E-state index in [1.165, 1.54) is 95.9 Å². The minimum atomic E-state index is -4.35. The maximum Gasteiger partial charge on any atom is 0.402 e. The summed E-state index contributed by atoms with van der Waals surface area (Å²) >= 11 is 0. The van der Waals surface area contributed by atoms with E-state index in [-0.39, 0.29) is 16.5 Å². The van der Waals surface area contributed by atoms with Gasteiger partial charge in [-0.1, -0.05) is 318 Å². The van der Waals surface area contributed by atoms with E-state index in [0.29, 0.717) is 0 Å². The monoisotopic (exact) mass is 1510 g/mol. The summed E-state index contributed by atoms with van der Waals surface area (Å²) in [5, 5.41) is 0. The van der Waals surface area contributed by atoms with Crippen molar-refractivity contribution in [3.63, 3.8) is 0 Å². The topological polar surface area (TPSA) is 36.9 Å². The molecule has 0 unspecified atom stereocenters. The van der Waals surface area contributed by atoms with Crippen LogP contribution in [0.1, 0.15) is 132 Å². The molecule has 0 aliphatic carbocycles. The molecule has 0 N–H and O–H groups in total. The first-order chi connectivity index (χ1) is 53.8. The van der Waals surface area contributed by atoms with Crippen LogP contribution in [0.2, 0.25) is 0 Å². The Kier molecular flexibility index (Phi) is 34.1. The van der Waals surface area contributed by atoms with E-state index in [0.717, 1.165) is 57.1 Å². The van der Waals surface area contributed by atoms with Gasteiger partial charge in [-0.3, -0.25) is 0 Å². The maximum absolute atomic E-state index is 13.7. The van der Waals surface area contributed by atoms with Gasteiger partial charge in [0.15, 0.2) is 0 Å². The zero-order chi connectivity index (χ0) is 82.1. The molecule has 582 valence electrons. The van der Waals surface area contributed by atoms with Crippen LogP contribution in [0.25, 0.3) is 0 Å². The molecule has 0 heterocycles. The fraction of sp³-hybridized carbons (Fsp3) is 0.208. The van der Waals surface area contributed by atoms with Crippen molar-refractivity contribution >= 4 is 0 Å². The van der Waals surface area contributed by atoms with Gasteiger partial charge in [-0.2, -0.15) is 13.2 Å². The van der Waals surface area contributed by atoms with Crippen molar-refractivity contribution in [3.8, 4) is 46.0 Å². The fourth-order valence-electron chi connectivity index (χ4n) is 11.6. The molecule has 0 fully saturated rings. The third-order valence-electron chi connectivity index (χ3n) is 18.9. The lowest BCUT2D eigenvalue weighted by atomic mass is 9.75. The Labute approximate surface area is 673 Å². The Balaban J connectivity index is 0.000000183. The summed E-state index contributed by atoms with van der Waals surface area (Å²) in [6.45, 7) is 38.8. The Bertz CT molecular complexity index is 4830. The molecule has 14 aromatic rings. The summed E-state index contributed by atoms with van der Waals surface area (Å²) in [4.78, 5) is 0. The van der Waals surface area contributed by atoms with E-state index < -0.39 is 11.6 Å². The molecule has 0 spiro atoms. The number of benzene rings is 14. The molecule has 113 heavy (non-hydrogen) atoms. The highest BCUT2D eigenvalue weighted by Crippen LogP contribution is 2.46. The van der Waals surface area contributed by atoms with Crippen LogP contribution in [-0.4, -0.2) is 6.18 Å². The Hall–Kier alpha value is -11.9. The zero-order valence-corrected chi connectivity index (χ0v) is 69.6. The fourth-order valence-corrected chi connectivity index (χ4v) is 11.6. The smallest absolute Gasteiger partial charge is 0.402 e. The highest BCUT2D eigenvalue weighted by atomic mass is 19.4. The molecular weight excluding hydrogens is 1390 g/mol. The van der Waals surface area contributed by atoms with E-state index in [1.54, 1.807) is 48.5 Å². The van der Waals surface area contributed by atoms with Crippen molar-refractivity contribution in [2.45, 2.75) is 149 Å². The highest BCUT2D eigenvalue weighted by Gasteiger charge is 2.53. The second-order valence-electron chi connectivity index (χ2n) is 29.9. The Morgan fingerprint density at radius 1 is 0.177 bits per heavy atom. The van der Waals surface area contributed by atoms with Crippen LogP contribution >= 0.6 is 0 Å². The molecule has 0 atom stereocenters. The van der Waals surface area contributed by atoms with Crippen LogP contribution in [0.15, 0.2) is 340 Å². The minimum Gasteiger partial charge on any atom is -0.457 e. The predicted octanol–water partition coefficient (Wildman–Crippen LogP) is 30.8. The van der Waals surface area contributed by atoms with Crippen molar-refractivity contribution in [2.75, 3.05) is 0 Å². The van der Waals surface area contributed by atoms with Crippen LogP contribution in [-0.2, 0) is 10.8 Å². The Morgan fingerprint density at radius 3 is 0.593 bits per heavy atom. The van der Waals surface area contributed by atoms with Crippen molar-refractivity contribution in [1.82, 2.24) is 0 Å². The van der Waals surface area contributed by atoms with Gasteiger partial charge in [0.05, 0.1) is 0 Å². The predicted molar refractivity (Wildman–Crippen MR) is 471 cm³/mol. The van der Waals surface area contributed by atoms with E-state index in [2.05, 4.69) is 230 Å². The summed E-state index contributed by atoms with van der Waals surface area (Å²) in [5.74, 6) is 6.71. The number of halogens is 3. The standard InChI is InChI=1S/C20H18O2.C17H17F3.C17H20.2C14H14O.3C8H10/c1-15-6-3-8-17(12-15)21-19-10-5-11-20(14-19)22-18-9-4-7-16(2)13-18;1-12-4-8-14(9-5-12)16(3,17(18,19)20)15-10-6-13(2)7-11-15;1-13-5-9-15(10-6-13)17(3,4)16-11-7-14(2)8-12-16;1-11-3-7-13(8-4-11)15-14-9-5-12(2)6-10-14;1-11-5-3-7-13(9-11)15-14-8-4-6-12(2)10-14;1-7-3-5-8(2)6-4-7;1-7-4-3-5-8(2)6-7;1-7-5-3-4-6-8(7)2/h3-14H,1-2H3;4-11H,1-3H3;5-12H,1-4H3;2*3-10H,1-2H3;3*3-6H,1-2H3. The summed E-state index contributed by atoms with van der Waals surface area (Å²) in [5.41, 5.74) is 21.2. The van der Waals surface area contributed by atoms with E-state index >= 15 is 0 Å². The zero-order valence-electron chi connectivity index (χ0n) is 69.6. The number of hydrogen-bond donors (Lipinski definition) is 0. The van der Waals surface area contributed by atoms with Crippen LogP contribution < -0.4 is 18.9 Å². The number of hydrogen-bond acceptors (Lipinski definition) is 4. The van der Waals surface area contributed by atoms with Crippen LogP contribution in [0.5, 0.6) is 46.0 Å². The average molecular weight is 1510 g/mol. The van der Waals surface area contributed by atoms with Gasteiger partial charge in [-0.25, -0.2) is 0 Å². The first kappa shape index (κ1) is 88.3. The van der Waals surface area contributed by atoms with Gasteiger partial charge in [-0.05, 0) is 258 Å². The molecular formula is C106H113F3O4. The third kappa shape index (κ3) is 30.4. The van der Waals surface area contributed by atoms with E-state index in [9.17, 15) is 13.2 Å². The molecule has 0 saturated heterocycles. The first-order valence-corrected chi connectivity index (χ1v) is 38.5. The average Bonchev–Trinajstić information content (AvgIpc) is 0.756. The molecule has 0 amide bonds. The molecule has 4 nitrogen and oxygen atoms in total. The van der Waals surface area contributed by atoms with Gasteiger partial charge < -0.3 is 18.9 Å². The minimum absolute atomic E-state index is 0.0708. The molecule has 0 radical (unpaired) electrons. The summed E-state index contributed by atoms with van der Waals surface area (Å²) in [6.07, 6.45) is -4.35. The van der Waals surface area contributed by atoms with Crippen LogP contribution in [0.4, 0.5) is 13.2 Å². The van der Waals surface area contributed by atoms with Crippen molar-refractivity contribution in [2.24, 2.45) is 0 Å². The van der Waals surface area contributed by atoms with E-state index in [4.69, 9.17) is 18.9 Å². The highest BCUT2D eigenvalue weighted by molar-refractivity contribution is 5.45. The maximum atomic E-state index is 13.7. The molecule has 0 bridgehead atoms. The van der Waals surface area contributed by atoms with Gasteiger partial charge in [0.1, 0.15) is 51.4 Å². The first-order valence-electron chi connectivity index (χ1n) is 38.5. The lowest BCUT2D eigenvalue weighted by Gasteiger charge is -2.33. The number of aryl methyl sites for hydroxylation is 16. The van der Waals surface area contributed by atoms with Crippen molar-refractivity contribution in [3.05, 3.63) is 451 Å². The molecule has 14 rings (SSSR count). The molecule has 0 aliphatic heterocycles. The summed E-state index contributed by atoms with van der Waals surface area (Å²) in [6, 6.07) is 112. The quantitative estimate of drug-likeness (QED) is 0.122. The SMILES string of the molecule is Cc1ccc(C(C)(C)c2ccc(C)cc2)cc1.Cc1ccc(C(C)(c2ccc(C)cc2)C(F)(F)F)cc1.Cc1ccc(C)cc1.Cc1ccc(Oc2ccc(C)cc2)cc1.Cc1cccc(C)c1.Cc1cccc(Oc2cccc(C)c2)c1.Cc1cccc(Oc2cccc(Oc3cccc(C)c3)c2)c1.Cc1ccccc1C. The molecule has 14 aromatic carbocycles. The van der Waals surface area contributed by atoms with Gasteiger partial charge in [0, 0.05) is 11.5 Å². The van der Waals surface area contributed by atoms with Crippen molar-refractivity contribution < 1.29 is 32.1 Å². The number of rotatable bonds is 12. The largest absolute Gasteiger partial charge is 0.457 e. The second-order valence-corrected chi connectivity index (χ2v) is 29.9. The van der Waals surface area contributed by atoms with Crippen molar-refractivity contribution in [1.29, 1.82) is 0 Å². The third-order valence-corrected chi connectivity index (χ3v) is 18.9. The Morgan fingerprint density at radius 2 is 0.372 bits per heavy atom. The van der Waals surface area contributed by atoms with Gasteiger partial charge in [0.2, 0.25) is 0 Å². The molecule has 0 saturated carbocycles. The van der Waals surface area contributed by atoms with Crippen LogP contribution in [0.3, 0.4) is 0 Å². The second kappa shape index (κ2) is 43.6. The van der Waals surface area contributed by atoms with Gasteiger partial charge >= 0.3 is 6.18 Å². The lowest BCUT2D eigenvalue weighted by Crippen LogP contribution is -2.40. The molecule has 0 aromatic heterocycles. The number of ether oxygens (including phenoxy) is 4. The number of alkyl halides is 3. The van der Waals surface area contributed by atoms with E-state index in [1.807, 2.05) is 185 Å². The summed E-state index contributed by atoms with van der Waals surface area (Å²) < 4.78 is 64.2. The normalized spacial score (nSPS) is 10.6. The molecule has 0 aliphatic rings. The van der Waals surface area contributed by atoms with Gasteiger partial charge in [0.25, 0.3) is 0 Å². The summed E-state index contributed by atoms with van der Waals surface area (Å²) in [7, 11) is 0. The van der Waals surface area contributed by atoms with Crippen LogP contribution in [0, 0.1) is 111 Å². The lowest BCUT2D eigenvalue weighted by molar-refractivity contribution is -0.173.